The smallest absolute Gasteiger partial charge is 0.306 e. The van der Waals surface area contributed by atoms with E-state index in [1.165, 1.54) is 180 Å². The molecule has 0 aliphatic carbocycles. The molecule has 0 fully saturated rings. The van der Waals surface area contributed by atoms with Crippen molar-refractivity contribution in [2.45, 2.75) is 291 Å². The lowest BCUT2D eigenvalue weighted by molar-refractivity contribution is -0.167. The average Bonchev–Trinajstić information content (AvgIpc) is 3.21. The molecule has 0 saturated heterocycles. The predicted octanol–water partition coefficient (Wildman–Crippen LogP) is 16.3. The van der Waals surface area contributed by atoms with Crippen LogP contribution in [-0.2, 0) is 28.6 Å². The molecule has 0 aliphatic heterocycles. The van der Waals surface area contributed by atoms with Crippen molar-refractivity contribution in [3.63, 3.8) is 0 Å². The van der Waals surface area contributed by atoms with E-state index in [0.29, 0.717) is 19.3 Å². The molecular weight excluding hydrogens is 709 g/mol. The first-order valence-electron chi connectivity index (χ1n) is 25.4. The lowest BCUT2D eigenvalue weighted by Gasteiger charge is -2.18. The summed E-state index contributed by atoms with van der Waals surface area (Å²) in [6.07, 6.45) is 46.5. The zero-order chi connectivity index (χ0) is 41.7. The summed E-state index contributed by atoms with van der Waals surface area (Å²) in [5.41, 5.74) is 0. The number of esters is 3. The van der Waals surface area contributed by atoms with E-state index in [1.54, 1.807) is 0 Å². The maximum atomic E-state index is 12.8. The Labute approximate surface area is 355 Å². The average molecular weight is 807 g/mol. The molecule has 0 bridgehead atoms. The SMILES string of the molecule is CCCCCCCCCCCCCCCCCC(=O)OC[C@@H](COC(=O)CCCCCCCCCCCCCC)OC(=O)CCCCCCCCCCC(C)CC. The molecule has 57 heavy (non-hydrogen) atoms. The second kappa shape index (κ2) is 45.5. The molecule has 1 unspecified atom stereocenters. The lowest BCUT2D eigenvalue weighted by atomic mass is 9.99. The number of rotatable bonds is 46. The van der Waals surface area contributed by atoms with Crippen molar-refractivity contribution in [2.24, 2.45) is 5.92 Å². The van der Waals surface area contributed by atoms with Gasteiger partial charge in [-0.25, -0.2) is 0 Å². The van der Waals surface area contributed by atoms with Gasteiger partial charge in [0.2, 0.25) is 0 Å². The van der Waals surface area contributed by atoms with Gasteiger partial charge in [-0.3, -0.25) is 14.4 Å². The summed E-state index contributed by atoms with van der Waals surface area (Å²) in [6.45, 7) is 9.02. The third-order valence-electron chi connectivity index (χ3n) is 11.9. The molecule has 0 aromatic rings. The zero-order valence-corrected chi connectivity index (χ0v) is 38.8. The highest BCUT2D eigenvalue weighted by Crippen LogP contribution is 2.17. The molecule has 6 nitrogen and oxygen atoms in total. The van der Waals surface area contributed by atoms with Gasteiger partial charge >= 0.3 is 17.9 Å². The van der Waals surface area contributed by atoms with Gasteiger partial charge in [-0.2, -0.15) is 0 Å². The summed E-state index contributed by atoms with van der Waals surface area (Å²) < 4.78 is 16.8. The fourth-order valence-electron chi connectivity index (χ4n) is 7.66. The molecular formula is C51H98O6. The van der Waals surface area contributed by atoms with Gasteiger partial charge in [0.1, 0.15) is 13.2 Å². The summed E-state index contributed by atoms with van der Waals surface area (Å²) in [5, 5.41) is 0. The minimum Gasteiger partial charge on any atom is -0.462 e. The Kier molecular flexibility index (Phi) is 44.2. The predicted molar refractivity (Wildman–Crippen MR) is 243 cm³/mol. The zero-order valence-electron chi connectivity index (χ0n) is 38.8. The van der Waals surface area contributed by atoms with Crippen LogP contribution in [0.3, 0.4) is 0 Å². The van der Waals surface area contributed by atoms with Crippen molar-refractivity contribution >= 4 is 17.9 Å². The molecule has 0 aromatic heterocycles. The van der Waals surface area contributed by atoms with E-state index < -0.39 is 6.10 Å². The van der Waals surface area contributed by atoms with Gasteiger partial charge in [-0.05, 0) is 25.2 Å². The third kappa shape index (κ3) is 43.8. The van der Waals surface area contributed by atoms with Gasteiger partial charge in [-0.1, -0.05) is 246 Å². The van der Waals surface area contributed by atoms with Gasteiger partial charge in [0.25, 0.3) is 0 Å². The molecule has 6 heteroatoms. The largest absolute Gasteiger partial charge is 0.462 e. The van der Waals surface area contributed by atoms with E-state index in [0.717, 1.165) is 63.7 Å². The molecule has 0 aromatic carbocycles. The molecule has 0 amide bonds. The Morgan fingerprint density at radius 2 is 0.614 bits per heavy atom. The van der Waals surface area contributed by atoms with E-state index in [1.807, 2.05) is 0 Å². The van der Waals surface area contributed by atoms with Crippen LogP contribution >= 0.6 is 0 Å². The van der Waals surface area contributed by atoms with Gasteiger partial charge < -0.3 is 14.2 Å². The van der Waals surface area contributed by atoms with Crippen LogP contribution in [-0.4, -0.2) is 37.2 Å². The number of hydrogen-bond donors (Lipinski definition) is 0. The molecule has 0 aliphatic rings. The first-order chi connectivity index (χ1) is 27.9. The molecule has 0 radical (unpaired) electrons. The van der Waals surface area contributed by atoms with Gasteiger partial charge in [0.05, 0.1) is 0 Å². The van der Waals surface area contributed by atoms with Crippen molar-refractivity contribution in [1.82, 2.24) is 0 Å². The van der Waals surface area contributed by atoms with Crippen molar-refractivity contribution in [3.8, 4) is 0 Å². The quantitative estimate of drug-likeness (QED) is 0.0346. The first kappa shape index (κ1) is 55.4. The highest BCUT2D eigenvalue weighted by molar-refractivity contribution is 5.71. The Morgan fingerprint density at radius 3 is 0.912 bits per heavy atom. The van der Waals surface area contributed by atoms with E-state index in [9.17, 15) is 14.4 Å². The van der Waals surface area contributed by atoms with Gasteiger partial charge in [0, 0.05) is 19.3 Å². The summed E-state index contributed by atoms with van der Waals surface area (Å²) in [6, 6.07) is 0. The minimum absolute atomic E-state index is 0.0633. The summed E-state index contributed by atoms with van der Waals surface area (Å²) in [4.78, 5) is 37.9. The second-order valence-corrected chi connectivity index (χ2v) is 17.7. The Morgan fingerprint density at radius 1 is 0.351 bits per heavy atom. The summed E-state index contributed by atoms with van der Waals surface area (Å²) in [7, 11) is 0. The molecule has 0 saturated carbocycles. The Hall–Kier alpha value is -1.59. The molecule has 0 N–H and O–H groups in total. The van der Waals surface area contributed by atoms with Gasteiger partial charge in [-0.15, -0.1) is 0 Å². The van der Waals surface area contributed by atoms with E-state index in [2.05, 4.69) is 27.7 Å². The van der Waals surface area contributed by atoms with Crippen molar-refractivity contribution in [1.29, 1.82) is 0 Å². The number of hydrogen-bond acceptors (Lipinski definition) is 6. The number of unbranched alkanes of at least 4 members (excludes halogenated alkanes) is 32. The Bertz CT molecular complexity index is 859. The number of ether oxygens (including phenoxy) is 3. The van der Waals surface area contributed by atoms with Crippen LogP contribution in [0.2, 0.25) is 0 Å². The molecule has 0 heterocycles. The molecule has 0 spiro atoms. The highest BCUT2D eigenvalue weighted by Gasteiger charge is 2.19. The van der Waals surface area contributed by atoms with Crippen LogP contribution in [0.5, 0.6) is 0 Å². The highest BCUT2D eigenvalue weighted by atomic mass is 16.6. The molecule has 2 atom stereocenters. The maximum absolute atomic E-state index is 12.8. The van der Waals surface area contributed by atoms with Crippen LogP contribution in [0, 0.1) is 5.92 Å². The van der Waals surface area contributed by atoms with Crippen molar-refractivity contribution < 1.29 is 28.6 Å². The van der Waals surface area contributed by atoms with Crippen LogP contribution < -0.4 is 0 Å². The number of carbonyl (C=O) groups excluding carboxylic acids is 3. The normalized spacial score (nSPS) is 12.4. The van der Waals surface area contributed by atoms with E-state index >= 15 is 0 Å². The minimum atomic E-state index is -0.760. The summed E-state index contributed by atoms with van der Waals surface area (Å²) >= 11 is 0. The van der Waals surface area contributed by atoms with Crippen molar-refractivity contribution in [2.75, 3.05) is 13.2 Å². The molecule has 338 valence electrons. The van der Waals surface area contributed by atoms with Crippen molar-refractivity contribution in [3.05, 3.63) is 0 Å². The monoisotopic (exact) mass is 807 g/mol. The standard InChI is InChI=1S/C51H98O6/c1-5-8-10-12-14-16-18-20-21-22-24-26-31-35-39-43-50(53)56-46-48(57-51(54)44-40-36-32-28-27-29-33-37-41-47(4)7-3)45-55-49(52)42-38-34-30-25-23-19-17-15-13-11-9-6-2/h47-48H,5-46H2,1-4H3/t47?,48-/m1/s1. The topological polar surface area (TPSA) is 78.9 Å². The second-order valence-electron chi connectivity index (χ2n) is 17.7. The summed E-state index contributed by atoms with van der Waals surface area (Å²) in [5.74, 6) is -0.00253. The fraction of sp³-hybridized carbons (Fsp3) is 0.941. The van der Waals surface area contributed by atoms with E-state index in [4.69, 9.17) is 14.2 Å². The number of carbonyl (C=O) groups is 3. The first-order valence-corrected chi connectivity index (χ1v) is 25.4. The van der Waals surface area contributed by atoms with Gasteiger partial charge in [0.15, 0.2) is 6.10 Å². The van der Waals surface area contributed by atoms with Crippen LogP contribution in [0.4, 0.5) is 0 Å². The third-order valence-corrected chi connectivity index (χ3v) is 11.9. The lowest BCUT2D eigenvalue weighted by Crippen LogP contribution is -2.30. The fourth-order valence-corrected chi connectivity index (χ4v) is 7.66. The Balaban J connectivity index is 4.31. The van der Waals surface area contributed by atoms with E-state index in [-0.39, 0.29) is 31.1 Å². The van der Waals surface area contributed by atoms with Crippen LogP contribution in [0.1, 0.15) is 285 Å². The maximum Gasteiger partial charge on any atom is 0.306 e. The molecule has 0 rings (SSSR count). The van der Waals surface area contributed by atoms with Crippen LogP contribution in [0.15, 0.2) is 0 Å². The van der Waals surface area contributed by atoms with Crippen LogP contribution in [0.25, 0.3) is 0 Å².